The highest BCUT2D eigenvalue weighted by molar-refractivity contribution is 5.87. The third-order valence-electron chi connectivity index (χ3n) is 3.64. The van der Waals surface area contributed by atoms with Gasteiger partial charge in [0.05, 0.1) is 6.61 Å². The third-order valence-corrected chi connectivity index (χ3v) is 3.64. The number of aromatic hydroxyl groups is 1. The Morgan fingerprint density at radius 1 is 1.37 bits per heavy atom. The van der Waals surface area contributed by atoms with Crippen LogP contribution >= 0.6 is 0 Å². The van der Waals surface area contributed by atoms with Crippen LogP contribution in [0.4, 0.5) is 0 Å². The smallest absolute Gasteiger partial charge is 0.221 e. The van der Waals surface area contributed by atoms with Crippen LogP contribution in [0.2, 0.25) is 0 Å². The highest BCUT2D eigenvalue weighted by Gasteiger charge is 2.14. The molecule has 1 unspecified atom stereocenters. The highest BCUT2D eigenvalue weighted by atomic mass is 16.5. The first-order valence-corrected chi connectivity index (χ1v) is 6.74. The van der Waals surface area contributed by atoms with Crippen molar-refractivity contribution in [2.75, 3.05) is 19.7 Å². The van der Waals surface area contributed by atoms with Gasteiger partial charge in [0.1, 0.15) is 5.75 Å². The predicted octanol–water partition coefficient (Wildman–Crippen LogP) is 2.32. The molecule has 1 saturated heterocycles. The Morgan fingerprint density at radius 3 is 3.16 bits per heavy atom. The van der Waals surface area contributed by atoms with Gasteiger partial charge in [-0.3, -0.25) is 0 Å². The van der Waals surface area contributed by atoms with Crippen molar-refractivity contribution in [1.82, 2.24) is 10.3 Å². The van der Waals surface area contributed by atoms with E-state index in [1.807, 2.05) is 12.1 Å². The fourth-order valence-corrected chi connectivity index (χ4v) is 2.53. The molecule has 1 atom stereocenters. The maximum atomic E-state index is 9.56. The fourth-order valence-electron chi connectivity index (χ4n) is 2.53. The second-order valence-corrected chi connectivity index (χ2v) is 5.02. The zero-order valence-electron chi connectivity index (χ0n) is 10.8. The monoisotopic (exact) mass is 258 g/mol. The van der Waals surface area contributed by atoms with Crippen molar-refractivity contribution >= 4 is 10.8 Å². The number of ether oxygens (including phenoxy) is 1. The molecule has 4 nitrogen and oxygen atoms in total. The van der Waals surface area contributed by atoms with Crippen molar-refractivity contribution in [2.45, 2.75) is 12.8 Å². The molecule has 19 heavy (non-hydrogen) atoms. The van der Waals surface area contributed by atoms with E-state index in [2.05, 4.69) is 10.3 Å². The number of phenols is 1. The molecule has 2 aromatic rings. The van der Waals surface area contributed by atoms with Crippen LogP contribution in [0.1, 0.15) is 12.8 Å². The summed E-state index contributed by atoms with van der Waals surface area (Å²) < 4.78 is 5.79. The summed E-state index contributed by atoms with van der Waals surface area (Å²) in [6.45, 7) is 2.88. The van der Waals surface area contributed by atoms with Crippen LogP contribution in [-0.4, -0.2) is 29.8 Å². The molecular weight excluding hydrogens is 240 g/mol. The largest absolute Gasteiger partial charge is 0.508 e. The zero-order valence-corrected chi connectivity index (χ0v) is 10.8. The minimum absolute atomic E-state index is 0.241. The maximum absolute atomic E-state index is 9.56. The molecular formula is C15H18N2O2. The number of fused-ring (bicyclic) bond motifs is 1. The van der Waals surface area contributed by atoms with Gasteiger partial charge in [0.15, 0.2) is 0 Å². The average molecular weight is 258 g/mol. The van der Waals surface area contributed by atoms with Gasteiger partial charge in [-0.1, -0.05) is 6.07 Å². The van der Waals surface area contributed by atoms with E-state index in [4.69, 9.17) is 4.74 Å². The first kappa shape index (κ1) is 12.2. The SMILES string of the molecule is Oc1ccc2ccnc(OCCC3CCNC3)c2c1. The molecule has 2 N–H and O–H groups in total. The van der Waals surface area contributed by atoms with E-state index in [0.717, 1.165) is 30.3 Å². The molecule has 4 heteroatoms. The lowest BCUT2D eigenvalue weighted by Crippen LogP contribution is -2.12. The van der Waals surface area contributed by atoms with E-state index >= 15 is 0 Å². The van der Waals surface area contributed by atoms with Gasteiger partial charge in [-0.05, 0) is 55.4 Å². The highest BCUT2D eigenvalue weighted by Crippen LogP contribution is 2.27. The number of phenolic OH excluding ortho intramolecular Hbond substituents is 1. The Kier molecular flexibility index (Phi) is 3.51. The van der Waals surface area contributed by atoms with E-state index < -0.39 is 0 Å². The molecule has 0 bridgehead atoms. The summed E-state index contributed by atoms with van der Waals surface area (Å²) in [4.78, 5) is 4.26. The topological polar surface area (TPSA) is 54.4 Å². The number of aromatic nitrogens is 1. The third kappa shape index (κ3) is 2.79. The van der Waals surface area contributed by atoms with E-state index in [-0.39, 0.29) is 5.75 Å². The van der Waals surface area contributed by atoms with Crippen molar-refractivity contribution in [3.05, 3.63) is 30.5 Å². The second kappa shape index (κ2) is 5.45. The standard InChI is InChI=1S/C15H18N2O2/c18-13-2-1-12-4-7-17-15(14(12)9-13)19-8-5-11-3-6-16-10-11/h1-2,4,7,9,11,16,18H,3,5-6,8,10H2. The van der Waals surface area contributed by atoms with Crippen LogP contribution in [0.5, 0.6) is 11.6 Å². The van der Waals surface area contributed by atoms with E-state index in [1.54, 1.807) is 18.3 Å². The summed E-state index contributed by atoms with van der Waals surface area (Å²) in [6.07, 6.45) is 4.02. The van der Waals surface area contributed by atoms with Crippen LogP contribution in [0.15, 0.2) is 30.5 Å². The minimum Gasteiger partial charge on any atom is -0.508 e. The van der Waals surface area contributed by atoms with Gasteiger partial charge in [0, 0.05) is 11.6 Å². The van der Waals surface area contributed by atoms with E-state index in [1.165, 1.54) is 6.42 Å². The van der Waals surface area contributed by atoms with Crippen LogP contribution in [0, 0.1) is 5.92 Å². The van der Waals surface area contributed by atoms with Crippen molar-refractivity contribution in [2.24, 2.45) is 5.92 Å². The fraction of sp³-hybridized carbons (Fsp3) is 0.400. The van der Waals surface area contributed by atoms with Gasteiger partial charge in [-0.15, -0.1) is 0 Å². The normalized spacial score (nSPS) is 18.8. The number of benzene rings is 1. The summed E-state index contributed by atoms with van der Waals surface area (Å²) in [7, 11) is 0. The van der Waals surface area contributed by atoms with Crippen LogP contribution in [0.3, 0.4) is 0 Å². The van der Waals surface area contributed by atoms with Crippen LogP contribution in [0.25, 0.3) is 10.8 Å². The van der Waals surface area contributed by atoms with Gasteiger partial charge >= 0.3 is 0 Å². The van der Waals surface area contributed by atoms with Crippen LogP contribution < -0.4 is 10.1 Å². The Hall–Kier alpha value is -1.81. The van der Waals surface area contributed by atoms with Gasteiger partial charge in [-0.25, -0.2) is 4.98 Å². The Bertz CT molecular complexity index is 565. The zero-order chi connectivity index (χ0) is 13.1. The first-order chi connectivity index (χ1) is 9.33. The average Bonchev–Trinajstić information content (AvgIpc) is 2.92. The quantitative estimate of drug-likeness (QED) is 0.883. The van der Waals surface area contributed by atoms with Crippen molar-refractivity contribution in [1.29, 1.82) is 0 Å². The minimum atomic E-state index is 0.241. The number of pyridine rings is 1. The molecule has 2 heterocycles. The number of nitrogens with one attached hydrogen (secondary N) is 1. The Morgan fingerprint density at radius 2 is 2.32 bits per heavy atom. The summed E-state index contributed by atoms with van der Waals surface area (Å²) in [5, 5.41) is 14.8. The summed E-state index contributed by atoms with van der Waals surface area (Å²) >= 11 is 0. The second-order valence-electron chi connectivity index (χ2n) is 5.02. The molecule has 0 spiro atoms. The van der Waals surface area contributed by atoms with Crippen molar-refractivity contribution in [3.8, 4) is 11.6 Å². The Labute approximate surface area is 112 Å². The van der Waals surface area contributed by atoms with Crippen molar-refractivity contribution < 1.29 is 9.84 Å². The lowest BCUT2D eigenvalue weighted by Gasteiger charge is -2.11. The first-order valence-electron chi connectivity index (χ1n) is 6.74. The van der Waals surface area contributed by atoms with Gasteiger partial charge in [-0.2, -0.15) is 0 Å². The molecule has 1 aliphatic heterocycles. The molecule has 3 rings (SSSR count). The molecule has 0 radical (unpaired) electrons. The number of rotatable bonds is 4. The Balaban J connectivity index is 1.71. The predicted molar refractivity (Wildman–Crippen MR) is 74.5 cm³/mol. The molecule has 1 aromatic carbocycles. The summed E-state index contributed by atoms with van der Waals surface area (Å²) in [5.41, 5.74) is 0. The van der Waals surface area contributed by atoms with Crippen LogP contribution in [-0.2, 0) is 0 Å². The lowest BCUT2D eigenvalue weighted by molar-refractivity contribution is 0.277. The summed E-state index contributed by atoms with van der Waals surface area (Å²) in [5.74, 6) is 1.56. The van der Waals surface area contributed by atoms with Gasteiger partial charge in [0.2, 0.25) is 5.88 Å². The van der Waals surface area contributed by atoms with Crippen molar-refractivity contribution in [3.63, 3.8) is 0 Å². The lowest BCUT2D eigenvalue weighted by atomic mass is 10.1. The van der Waals surface area contributed by atoms with E-state index in [9.17, 15) is 5.11 Å². The van der Waals surface area contributed by atoms with E-state index in [0.29, 0.717) is 18.4 Å². The molecule has 1 aromatic heterocycles. The summed E-state index contributed by atoms with van der Waals surface area (Å²) in [6, 6.07) is 7.17. The van der Waals surface area contributed by atoms with Gasteiger partial charge in [0.25, 0.3) is 0 Å². The van der Waals surface area contributed by atoms with Gasteiger partial charge < -0.3 is 15.2 Å². The number of nitrogens with zero attached hydrogens (tertiary/aromatic N) is 1. The number of hydrogen-bond donors (Lipinski definition) is 2. The molecule has 0 aliphatic carbocycles. The maximum Gasteiger partial charge on any atom is 0.221 e. The molecule has 1 fully saturated rings. The molecule has 0 amide bonds. The number of hydrogen-bond acceptors (Lipinski definition) is 4. The molecule has 100 valence electrons. The molecule has 1 aliphatic rings. The molecule has 0 saturated carbocycles.